The van der Waals surface area contributed by atoms with Crippen molar-refractivity contribution in [3.05, 3.63) is 22.4 Å². The Bertz CT molecular complexity index is 351. The molecule has 16 heavy (non-hydrogen) atoms. The van der Waals surface area contributed by atoms with Gasteiger partial charge in [0.1, 0.15) is 0 Å². The molecule has 0 saturated carbocycles. The maximum atomic E-state index is 11.4. The number of nitrogens with one attached hydrogen (secondary N) is 2. The summed E-state index contributed by atoms with van der Waals surface area (Å²) in [5, 5.41) is 9.11. The van der Waals surface area contributed by atoms with E-state index in [-0.39, 0.29) is 30.9 Å². The van der Waals surface area contributed by atoms with E-state index in [4.69, 9.17) is 5.73 Å². The number of nitrogens with two attached hydrogens (primary N) is 1. The molecular weight excluding hydrogens is 226 g/mol. The molecule has 1 heterocycles. The van der Waals surface area contributed by atoms with Crippen LogP contribution in [-0.2, 0) is 9.59 Å². The van der Waals surface area contributed by atoms with Crippen molar-refractivity contribution >= 4 is 23.2 Å². The van der Waals surface area contributed by atoms with E-state index in [2.05, 4.69) is 10.6 Å². The Hall–Kier alpha value is -1.40. The molecule has 0 bridgehead atoms. The lowest BCUT2D eigenvalue weighted by molar-refractivity contribution is -0.125. The molecule has 1 unspecified atom stereocenters. The first-order chi connectivity index (χ1) is 7.63. The number of thiophene rings is 1. The summed E-state index contributed by atoms with van der Waals surface area (Å²) in [6.45, 7) is 1.75. The van der Waals surface area contributed by atoms with E-state index in [9.17, 15) is 9.59 Å². The third-order valence-corrected chi connectivity index (χ3v) is 2.75. The summed E-state index contributed by atoms with van der Waals surface area (Å²) in [6, 6.07) is 1.90. The number of carbonyl (C=O) groups is 2. The van der Waals surface area contributed by atoms with Crippen LogP contribution in [0.3, 0.4) is 0 Å². The first-order valence-electron chi connectivity index (χ1n) is 4.91. The summed E-state index contributed by atoms with van der Waals surface area (Å²) in [4.78, 5) is 22.2. The summed E-state index contributed by atoms with van der Waals surface area (Å²) >= 11 is 1.58. The zero-order valence-electron chi connectivity index (χ0n) is 9.03. The fraction of sp³-hybridized carbons (Fsp3) is 0.400. The molecule has 1 aromatic rings. The molecule has 4 N–H and O–H groups in total. The molecule has 0 fully saturated rings. The lowest BCUT2D eigenvalue weighted by atomic mass is 10.2. The first-order valence-corrected chi connectivity index (χ1v) is 5.86. The van der Waals surface area contributed by atoms with Crippen molar-refractivity contribution in [2.24, 2.45) is 5.73 Å². The highest BCUT2D eigenvalue weighted by Gasteiger charge is 2.10. The van der Waals surface area contributed by atoms with Crippen LogP contribution in [0.2, 0.25) is 0 Å². The van der Waals surface area contributed by atoms with Gasteiger partial charge in [-0.2, -0.15) is 11.3 Å². The van der Waals surface area contributed by atoms with Gasteiger partial charge >= 0.3 is 0 Å². The minimum Gasteiger partial charge on any atom is -0.348 e. The molecule has 0 aliphatic rings. The smallest absolute Gasteiger partial charge is 0.239 e. The molecule has 0 aliphatic heterocycles. The van der Waals surface area contributed by atoms with E-state index in [1.165, 1.54) is 0 Å². The van der Waals surface area contributed by atoms with Gasteiger partial charge in [-0.15, -0.1) is 0 Å². The Morgan fingerprint density at radius 1 is 1.50 bits per heavy atom. The average Bonchev–Trinajstić information content (AvgIpc) is 2.79. The number of hydrogen-bond donors (Lipinski definition) is 3. The highest BCUT2D eigenvalue weighted by atomic mass is 32.1. The van der Waals surface area contributed by atoms with Crippen LogP contribution < -0.4 is 16.4 Å². The van der Waals surface area contributed by atoms with Crippen molar-refractivity contribution in [3.63, 3.8) is 0 Å². The second-order valence-electron chi connectivity index (χ2n) is 3.33. The van der Waals surface area contributed by atoms with Gasteiger partial charge in [0.15, 0.2) is 0 Å². The molecule has 0 saturated heterocycles. The van der Waals surface area contributed by atoms with Crippen LogP contribution in [0.25, 0.3) is 0 Å². The molecule has 6 heteroatoms. The van der Waals surface area contributed by atoms with Crippen LogP contribution in [0.1, 0.15) is 18.5 Å². The summed E-state index contributed by atoms with van der Waals surface area (Å²) < 4.78 is 0. The topological polar surface area (TPSA) is 84.2 Å². The normalized spacial score (nSPS) is 11.9. The highest BCUT2D eigenvalue weighted by molar-refractivity contribution is 7.07. The average molecular weight is 241 g/mol. The van der Waals surface area contributed by atoms with Crippen LogP contribution >= 0.6 is 11.3 Å². The third-order valence-electron chi connectivity index (χ3n) is 2.05. The minimum atomic E-state index is -0.335. The van der Waals surface area contributed by atoms with Crippen LogP contribution in [0.5, 0.6) is 0 Å². The molecule has 0 spiro atoms. The SMILES string of the molecule is CC(NC(=O)CNC(=O)CN)c1ccsc1. The van der Waals surface area contributed by atoms with Crippen molar-refractivity contribution in [3.8, 4) is 0 Å². The monoisotopic (exact) mass is 241 g/mol. The molecule has 0 aromatic carbocycles. The van der Waals surface area contributed by atoms with E-state index >= 15 is 0 Å². The lowest BCUT2D eigenvalue weighted by Crippen LogP contribution is -2.40. The van der Waals surface area contributed by atoms with Gasteiger partial charge in [0.25, 0.3) is 0 Å². The summed E-state index contributed by atoms with van der Waals surface area (Å²) in [5.41, 5.74) is 6.15. The Morgan fingerprint density at radius 2 is 2.25 bits per heavy atom. The molecular formula is C10H15N3O2S. The Kier molecular flexibility index (Phi) is 4.94. The van der Waals surface area contributed by atoms with Crippen molar-refractivity contribution in [1.82, 2.24) is 10.6 Å². The van der Waals surface area contributed by atoms with Gasteiger partial charge in [0.05, 0.1) is 19.1 Å². The van der Waals surface area contributed by atoms with Gasteiger partial charge in [-0.25, -0.2) is 0 Å². The molecule has 1 atom stereocenters. The molecule has 1 aromatic heterocycles. The first kappa shape index (κ1) is 12.7. The maximum absolute atomic E-state index is 11.4. The number of hydrogen-bond acceptors (Lipinski definition) is 4. The van der Waals surface area contributed by atoms with Crippen molar-refractivity contribution in [2.75, 3.05) is 13.1 Å². The predicted octanol–water partition coefficient (Wildman–Crippen LogP) is 0.000200. The summed E-state index contributed by atoms with van der Waals surface area (Å²) in [7, 11) is 0. The van der Waals surface area contributed by atoms with Crippen molar-refractivity contribution < 1.29 is 9.59 Å². The lowest BCUT2D eigenvalue weighted by Gasteiger charge is -2.12. The highest BCUT2D eigenvalue weighted by Crippen LogP contribution is 2.14. The molecule has 2 amide bonds. The third kappa shape index (κ3) is 4.00. The van der Waals surface area contributed by atoms with Gasteiger partial charge in [0, 0.05) is 0 Å². The largest absolute Gasteiger partial charge is 0.348 e. The van der Waals surface area contributed by atoms with Gasteiger partial charge in [-0.05, 0) is 29.3 Å². The van der Waals surface area contributed by atoms with Gasteiger partial charge < -0.3 is 16.4 Å². The standard InChI is InChI=1S/C10H15N3O2S/c1-7(8-2-3-16-6-8)13-10(15)5-12-9(14)4-11/h2-3,6-7H,4-5,11H2,1H3,(H,12,14)(H,13,15). The molecule has 0 aliphatic carbocycles. The zero-order valence-corrected chi connectivity index (χ0v) is 9.84. The van der Waals surface area contributed by atoms with E-state index in [0.717, 1.165) is 5.56 Å². The van der Waals surface area contributed by atoms with Gasteiger partial charge in [-0.1, -0.05) is 0 Å². The van der Waals surface area contributed by atoms with E-state index in [0.29, 0.717) is 0 Å². The fourth-order valence-electron chi connectivity index (χ4n) is 1.15. The molecule has 1 rings (SSSR count). The Labute approximate surface area is 98.0 Å². The van der Waals surface area contributed by atoms with E-state index < -0.39 is 0 Å². The van der Waals surface area contributed by atoms with Crippen LogP contribution in [0, 0.1) is 0 Å². The number of carbonyl (C=O) groups excluding carboxylic acids is 2. The fourth-order valence-corrected chi connectivity index (χ4v) is 1.90. The van der Waals surface area contributed by atoms with Gasteiger partial charge in [-0.3, -0.25) is 9.59 Å². The van der Waals surface area contributed by atoms with E-state index in [1.807, 2.05) is 23.8 Å². The second-order valence-corrected chi connectivity index (χ2v) is 4.11. The second kappa shape index (κ2) is 6.24. The summed E-state index contributed by atoms with van der Waals surface area (Å²) in [6.07, 6.45) is 0. The quantitative estimate of drug-likeness (QED) is 0.678. The van der Waals surface area contributed by atoms with Crippen molar-refractivity contribution in [2.45, 2.75) is 13.0 Å². The Balaban J connectivity index is 2.32. The van der Waals surface area contributed by atoms with E-state index in [1.54, 1.807) is 11.3 Å². The minimum absolute atomic E-state index is 0.0372. The zero-order chi connectivity index (χ0) is 12.0. The van der Waals surface area contributed by atoms with Crippen LogP contribution in [0.15, 0.2) is 16.8 Å². The molecule has 88 valence electrons. The molecule has 0 radical (unpaired) electrons. The Morgan fingerprint density at radius 3 is 2.81 bits per heavy atom. The number of amides is 2. The van der Waals surface area contributed by atoms with Crippen LogP contribution in [-0.4, -0.2) is 24.9 Å². The predicted molar refractivity (Wildman–Crippen MR) is 62.9 cm³/mol. The number of rotatable bonds is 5. The summed E-state index contributed by atoms with van der Waals surface area (Å²) in [5.74, 6) is -0.557. The van der Waals surface area contributed by atoms with Crippen molar-refractivity contribution in [1.29, 1.82) is 0 Å². The van der Waals surface area contributed by atoms with Gasteiger partial charge in [0.2, 0.25) is 11.8 Å². The van der Waals surface area contributed by atoms with Crippen LogP contribution in [0.4, 0.5) is 0 Å². The molecule has 5 nitrogen and oxygen atoms in total. The maximum Gasteiger partial charge on any atom is 0.239 e.